The van der Waals surface area contributed by atoms with Crippen molar-refractivity contribution in [3.05, 3.63) is 41.3 Å². The lowest BCUT2D eigenvalue weighted by Gasteiger charge is -2.01. The van der Waals surface area contributed by atoms with Crippen molar-refractivity contribution in [1.82, 2.24) is 0 Å². The van der Waals surface area contributed by atoms with Gasteiger partial charge in [0.15, 0.2) is 0 Å². The summed E-state index contributed by atoms with van der Waals surface area (Å²) in [6.45, 7) is 2.13. The Morgan fingerprint density at radius 1 is 1.35 bits per heavy atom. The Balaban J connectivity index is 2.31. The zero-order valence-corrected chi connectivity index (χ0v) is 11.1. The molecule has 0 unspecified atom stereocenters. The van der Waals surface area contributed by atoms with Gasteiger partial charge in [0, 0.05) is 9.77 Å². The van der Waals surface area contributed by atoms with Gasteiger partial charge < -0.3 is 5.73 Å². The molecule has 88 valence electrons. The van der Waals surface area contributed by atoms with Crippen molar-refractivity contribution in [3.8, 4) is 10.4 Å². The van der Waals surface area contributed by atoms with Crippen molar-refractivity contribution < 1.29 is 4.79 Å². The molecule has 17 heavy (non-hydrogen) atoms. The van der Waals surface area contributed by atoms with E-state index in [4.69, 9.17) is 5.73 Å². The summed E-state index contributed by atoms with van der Waals surface area (Å²) in [7, 11) is 0. The van der Waals surface area contributed by atoms with Crippen LogP contribution in [0.5, 0.6) is 0 Å². The lowest BCUT2D eigenvalue weighted by Crippen LogP contribution is -2.07. The quantitative estimate of drug-likeness (QED) is 0.856. The van der Waals surface area contributed by atoms with Crippen molar-refractivity contribution in [2.24, 2.45) is 5.73 Å². The molecule has 0 saturated carbocycles. The number of benzene rings is 1. The van der Waals surface area contributed by atoms with E-state index in [1.165, 1.54) is 16.2 Å². The van der Waals surface area contributed by atoms with E-state index in [0.29, 0.717) is 4.88 Å². The van der Waals surface area contributed by atoms with Gasteiger partial charge in [0.05, 0.1) is 4.88 Å². The van der Waals surface area contributed by atoms with Crippen LogP contribution in [0.4, 0.5) is 0 Å². The second-order valence-electron chi connectivity index (χ2n) is 3.49. The monoisotopic (exact) mass is 263 g/mol. The number of rotatable bonds is 4. The number of carbonyl (C=O) groups excluding carboxylic acids is 1. The summed E-state index contributed by atoms with van der Waals surface area (Å²) in [6.07, 6.45) is 0. The standard InChI is InChI=1S/C13H13NOS2/c1-2-16-10-5-3-4-9(8-10)11-6-7-12(17-11)13(14)15/h3-8H,2H2,1H3,(H2,14,15). The van der Waals surface area contributed by atoms with E-state index in [1.807, 2.05) is 23.9 Å². The van der Waals surface area contributed by atoms with Crippen molar-refractivity contribution in [2.45, 2.75) is 11.8 Å². The van der Waals surface area contributed by atoms with Gasteiger partial charge in [0.25, 0.3) is 5.91 Å². The molecule has 2 nitrogen and oxygen atoms in total. The smallest absolute Gasteiger partial charge is 0.258 e. The first-order chi connectivity index (χ1) is 8.20. The molecule has 1 aromatic carbocycles. The molecule has 0 radical (unpaired) electrons. The third-order valence-electron chi connectivity index (χ3n) is 2.28. The summed E-state index contributed by atoms with van der Waals surface area (Å²) in [5, 5.41) is 0. The fraction of sp³-hybridized carbons (Fsp3) is 0.154. The van der Waals surface area contributed by atoms with Gasteiger partial charge in [-0.2, -0.15) is 0 Å². The molecule has 0 fully saturated rings. The van der Waals surface area contributed by atoms with Gasteiger partial charge in [-0.05, 0) is 35.6 Å². The first-order valence-corrected chi connectivity index (χ1v) is 7.14. The minimum absolute atomic E-state index is 0.361. The maximum atomic E-state index is 11.0. The molecule has 1 amide bonds. The second kappa shape index (κ2) is 5.38. The van der Waals surface area contributed by atoms with E-state index >= 15 is 0 Å². The van der Waals surface area contributed by atoms with E-state index in [-0.39, 0.29) is 5.91 Å². The highest BCUT2D eigenvalue weighted by Gasteiger charge is 2.07. The van der Waals surface area contributed by atoms with Gasteiger partial charge in [-0.3, -0.25) is 4.79 Å². The Bertz CT molecular complexity index is 534. The zero-order chi connectivity index (χ0) is 12.3. The van der Waals surface area contributed by atoms with E-state index < -0.39 is 0 Å². The van der Waals surface area contributed by atoms with Crippen LogP contribution in [-0.2, 0) is 0 Å². The van der Waals surface area contributed by atoms with Crippen LogP contribution < -0.4 is 5.73 Å². The SMILES string of the molecule is CCSc1cccc(-c2ccc(C(N)=O)s2)c1. The molecule has 0 aliphatic rings. The first kappa shape index (κ1) is 12.2. The molecule has 2 aromatic rings. The van der Waals surface area contributed by atoms with E-state index in [0.717, 1.165) is 16.2 Å². The number of thioether (sulfide) groups is 1. The van der Waals surface area contributed by atoms with Gasteiger partial charge in [-0.15, -0.1) is 23.1 Å². The van der Waals surface area contributed by atoms with Crippen molar-refractivity contribution >= 4 is 29.0 Å². The highest BCUT2D eigenvalue weighted by Crippen LogP contribution is 2.30. The minimum Gasteiger partial charge on any atom is -0.365 e. The molecule has 0 spiro atoms. The normalized spacial score (nSPS) is 10.4. The fourth-order valence-electron chi connectivity index (χ4n) is 1.53. The summed E-state index contributed by atoms with van der Waals surface area (Å²) in [6, 6.07) is 12.1. The number of hydrogen-bond acceptors (Lipinski definition) is 3. The van der Waals surface area contributed by atoms with Crippen LogP contribution >= 0.6 is 23.1 Å². The van der Waals surface area contributed by atoms with Crippen molar-refractivity contribution in [2.75, 3.05) is 5.75 Å². The third-order valence-corrected chi connectivity index (χ3v) is 4.30. The summed E-state index contributed by atoms with van der Waals surface area (Å²) in [5.74, 6) is 0.695. The molecular weight excluding hydrogens is 250 g/mol. The molecule has 0 saturated heterocycles. The Hall–Kier alpha value is -1.26. The van der Waals surface area contributed by atoms with Gasteiger partial charge in [0.1, 0.15) is 0 Å². The van der Waals surface area contributed by atoms with Crippen LogP contribution in [0.15, 0.2) is 41.3 Å². The average molecular weight is 263 g/mol. The lowest BCUT2D eigenvalue weighted by atomic mass is 10.2. The van der Waals surface area contributed by atoms with Crippen LogP contribution in [0, 0.1) is 0 Å². The number of carbonyl (C=O) groups is 1. The summed E-state index contributed by atoms with van der Waals surface area (Å²) in [5.41, 5.74) is 6.39. The van der Waals surface area contributed by atoms with Gasteiger partial charge in [-0.25, -0.2) is 0 Å². The molecule has 1 heterocycles. The lowest BCUT2D eigenvalue weighted by molar-refractivity contribution is 0.100. The zero-order valence-electron chi connectivity index (χ0n) is 9.47. The van der Waals surface area contributed by atoms with E-state index in [2.05, 4.69) is 25.1 Å². The number of amides is 1. The number of hydrogen-bond donors (Lipinski definition) is 1. The number of thiophene rings is 1. The molecule has 0 aliphatic carbocycles. The second-order valence-corrected chi connectivity index (χ2v) is 5.91. The molecule has 2 N–H and O–H groups in total. The van der Waals surface area contributed by atoms with Crippen LogP contribution in [0.2, 0.25) is 0 Å². The molecular formula is C13H13NOS2. The number of nitrogens with two attached hydrogens (primary N) is 1. The molecule has 2 rings (SSSR count). The molecule has 4 heteroatoms. The van der Waals surface area contributed by atoms with Crippen LogP contribution in [-0.4, -0.2) is 11.7 Å². The topological polar surface area (TPSA) is 43.1 Å². The first-order valence-electron chi connectivity index (χ1n) is 5.33. The summed E-state index contributed by atoms with van der Waals surface area (Å²) < 4.78 is 0. The molecule has 1 aromatic heterocycles. The maximum Gasteiger partial charge on any atom is 0.258 e. The summed E-state index contributed by atoms with van der Waals surface area (Å²) >= 11 is 3.25. The predicted octanol–water partition coefficient (Wildman–Crippen LogP) is 3.63. The maximum absolute atomic E-state index is 11.0. The summed E-state index contributed by atoms with van der Waals surface area (Å²) in [4.78, 5) is 14.0. The van der Waals surface area contributed by atoms with Gasteiger partial charge in [0.2, 0.25) is 0 Å². The molecule has 0 bridgehead atoms. The van der Waals surface area contributed by atoms with E-state index in [9.17, 15) is 4.79 Å². The van der Waals surface area contributed by atoms with Crippen LogP contribution in [0.25, 0.3) is 10.4 Å². The van der Waals surface area contributed by atoms with Crippen molar-refractivity contribution in [3.63, 3.8) is 0 Å². The largest absolute Gasteiger partial charge is 0.365 e. The van der Waals surface area contributed by atoms with Crippen LogP contribution in [0.1, 0.15) is 16.6 Å². The third kappa shape index (κ3) is 2.90. The molecule has 0 aliphatic heterocycles. The minimum atomic E-state index is -0.361. The van der Waals surface area contributed by atoms with Gasteiger partial charge >= 0.3 is 0 Å². The van der Waals surface area contributed by atoms with E-state index in [1.54, 1.807) is 6.07 Å². The van der Waals surface area contributed by atoms with Crippen LogP contribution in [0.3, 0.4) is 0 Å². The van der Waals surface area contributed by atoms with Gasteiger partial charge in [-0.1, -0.05) is 19.1 Å². The Labute approximate surface area is 109 Å². The predicted molar refractivity (Wildman–Crippen MR) is 74.7 cm³/mol. The highest BCUT2D eigenvalue weighted by atomic mass is 32.2. The Morgan fingerprint density at radius 2 is 2.18 bits per heavy atom. The Morgan fingerprint density at radius 3 is 2.82 bits per heavy atom. The molecule has 0 atom stereocenters. The fourth-order valence-corrected chi connectivity index (χ4v) is 3.10. The highest BCUT2D eigenvalue weighted by molar-refractivity contribution is 7.99. The number of primary amides is 1. The Kier molecular flexibility index (Phi) is 3.86. The average Bonchev–Trinajstić information content (AvgIpc) is 2.79. The van der Waals surface area contributed by atoms with Crippen molar-refractivity contribution in [1.29, 1.82) is 0 Å².